The number of ether oxygens (including phenoxy) is 2. The Morgan fingerprint density at radius 2 is 2.08 bits per heavy atom. The normalized spacial score (nSPS) is 52.1. The second-order valence-electron chi connectivity index (χ2n) is 9.64. The molecule has 0 bridgehead atoms. The predicted molar refractivity (Wildman–Crippen MR) is 94.9 cm³/mol. The lowest BCUT2D eigenvalue weighted by molar-refractivity contribution is -0.223. The summed E-state index contributed by atoms with van der Waals surface area (Å²) in [5.41, 5.74) is -1.32. The van der Waals surface area contributed by atoms with Crippen molar-refractivity contribution in [3.63, 3.8) is 0 Å². The van der Waals surface area contributed by atoms with Gasteiger partial charge in [-0.15, -0.1) is 0 Å². The molecule has 7 atom stereocenters. The van der Waals surface area contributed by atoms with E-state index in [0.29, 0.717) is 5.92 Å². The highest BCUT2D eigenvalue weighted by molar-refractivity contribution is 5.80. The molecule has 4 nitrogen and oxygen atoms in total. The number of rotatable bonds is 4. The molecule has 0 aromatic heterocycles. The monoisotopic (exact) mass is 350 g/mol. The Bertz CT molecular complexity index is 542. The minimum atomic E-state index is -0.693. The molecule has 0 aromatic carbocycles. The van der Waals surface area contributed by atoms with Gasteiger partial charge in [-0.05, 0) is 57.3 Å². The molecule has 0 amide bonds. The number of hydrogen-bond acceptors (Lipinski definition) is 4. The zero-order chi connectivity index (χ0) is 17.9. The first kappa shape index (κ1) is 17.8. The van der Waals surface area contributed by atoms with Gasteiger partial charge in [0.15, 0.2) is 0 Å². The molecule has 25 heavy (non-hydrogen) atoms. The van der Waals surface area contributed by atoms with Crippen LogP contribution >= 0.6 is 0 Å². The molecule has 1 N–H and O–H groups in total. The van der Waals surface area contributed by atoms with Gasteiger partial charge in [-0.1, -0.05) is 26.7 Å². The van der Waals surface area contributed by atoms with Crippen molar-refractivity contribution in [1.82, 2.24) is 0 Å². The summed E-state index contributed by atoms with van der Waals surface area (Å²) in [5.74, 6) is 0.944. The summed E-state index contributed by atoms with van der Waals surface area (Å²) in [5, 5.41) is 12.1. The van der Waals surface area contributed by atoms with E-state index < -0.39 is 11.0 Å². The van der Waals surface area contributed by atoms with Gasteiger partial charge in [0, 0.05) is 24.5 Å². The van der Waals surface area contributed by atoms with E-state index in [0.717, 1.165) is 64.6 Å². The van der Waals surface area contributed by atoms with Gasteiger partial charge in [0.2, 0.25) is 0 Å². The predicted octanol–water partition coefficient (Wildman–Crippen LogP) is 3.70. The standard InChI is InChI=1S/C21H34O4/c1-4-15-12-16-17-19(2,18(22)25-16)8-5-9-20(17,3)21(15,23)10-6-14-7-11-24-13-14/h14-17,23H,4-13H2,1-3H3/t14?,15?,16-,17?,19+,20-,21-/m1/s1. The molecule has 0 aromatic rings. The van der Waals surface area contributed by atoms with Gasteiger partial charge in [0.1, 0.15) is 6.10 Å². The van der Waals surface area contributed by atoms with Crippen LogP contribution in [0.25, 0.3) is 0 Å². The molecule has 2 aliphatic carbocycles. The van der Waals surface area contributed by atoms with Crippen molar-refractivity contribution in [3.05, 3.63) is 0 Å². The number of aliphatic hydroxyl groups is 1. The molecule has 2 saturated heterocycles. The Morgan fingerprint density at radius 1 is 1.28 bits per heavy atom. The van der Waals surface area contributed by atoms with E-state index in [1.165, 1.54) is 0 Å². The minimum Gasteiger partial charge on any atom is -0.462 e. The number of esters is 1. The lowest BCUT2D eigenvalue weighted by Crippen LogP contribution is -2.65. The zero-order valence-electron chi connectivity index (χ0n) is 16.1. The second kappa shape index (κ2) is 5.95. The molecule has 0 radical (unpaired) electrons. The highest BCUT2D eigenvalue weighted by atomic mass is 16.6. The Kier molecular flexibility index (Phi) is 4.23. The molecule has 4 fully saturated rings. The molecule has 3 unspecified atom stereocenters. The van der Waals surface area contributed by atoms with Gasteiger partial charge in [-0.25, -0.2) is 0 Å². The number of carbonyl (C=O) groups excluding carboxylic acids is 1. The molecular formula is C21H34O4. The molecule has 4 heteroatoms. The van der Waals surface area contributed by atoms with Crippen LogP contribution in [0.1, 0.15) is 72.1 Å². The molecule has 0 spiro atoms. The maximum absolute atomic E-state index is 12.7. The highest BCUT2D eigenvalue weighted by Gasteiger charge is 2.71. The minimum absolute atomic E-state index is 0.00263. The smallest absolute Gasteiger partial charge is 0.312 e. The van der Waals surface area contributed by atoms with Crippen molar-refractivity contribution in [2.45, 2.75) is 83.8 Å². The van der Waals surface area contributed by atoms with Crippen LogP contribution in [0, 0.1) is 28.6 Å². The van der Waals surface area contributed by atoms with E-state index in [2.05, 4.69) is 20.8 Å². The molecule has 2 heterocycles. The first-order valence-corrected chi connectivity index (χ1v) is 10.4. The number of hydrogen-bond donors (Lipinski definition) is 1. The molecule has 142 valence electrons. The fraction of sp³-hybridized carbons (Fsp3) is 0.952. The van der Waals surface area contributed by atoms with Crippen molar-refractivity contribution in [1.29, 1.82) is 0 Å². The first-order valence-electron chi connectivity index (χ1n) is 10.4. The van der Waals surface area contributed by atoms with Crippen LogP contribution < -0.4 is 0 Å². The lowest BCUT2D eigenvalue weighted by atomic mass is 9.43. The highest BCUT2D eigenvalue weighted by Crippen LogP contribution is 2.67. The van der Waals surface area contributed by atoms with E-state index in [1.54, 1.807) is 0 Å². The van der Waals surface area contributed by atoms with Gasteiger partial charge >= 0.3 is 5.97 Å². The summed E-state index contributed by atoms with van der Waals surface area (Å²) >= 11 is 0. The molecule has 4 aliphatic rings. The van der Waals surface area contributed by atoms with E-state index in [-0.39, 0.29) is 29.3 Å². The third-order valence-electron chi connectivity index (χ3n) is 8.49. The Morgan fingerprint density at radius 3 is 2.76 bits per heavy atom. The third kappa shape index (κ3) is 2.36. The average molecular weight is 350 g/mol. The van der Waals surface area contributed by atoms with Crippen molar-refractivity contribution in [3.8, 4) is 0 Å². The molecular weight excluding hydrogens is 316 g/mol. The maximum Gasteiger partial charge on any atom is 0.312 e. The van der Waals surface area contributed by atoms with Crippen molar-refractivity contribution >= 4 is 5.97 Å². The van der Waals surface area contributed by atoms with Crippen molar-refractivity contribution < 1.29 is 19.4 Å². The SMILES string of the molecule is CCC1C[C@H]2OC(=O)[C@@]3(C)CCC[C@](C)(C23)[C@@]1(O)CCC1CCOC1. The van der Waals surface area contributed by atoms with Crippen molar-refractivity contribution in [2.24, 2.45) is 28.6 Å². The van der Waals surface area contributed by atoms with Gasteiger partial charge in [0.25, 0.3) is 0 Å². The summed E-state index contributed by atoms with van der Waals surface area (Å²) in [6.45, 7) is 8.24. The topological polar surface area (TPSA) is 55.8 Å². The molecule has 2 saturated carbocycles. The van der Waals surface area contributed by atoms with Gasteiger partial charge in [0.05, 0.1) is 11.0 Å². The van der Waals surface area contributed by atoms with E-state index in [4.69, 9.17) is 9.47 Å². The summed E-state index contributed by atoms with van der Waals surface area (Å²) in [7, 11) is 0. The number of carbonyl (C=O) groups is 1. The first-order chi connectivity index (χ1) is 11.8. The van der Waals surface area contributed by atoms with E-state index in [1.807, 2.05) is 0 Å². The van der Waals surface area contributed by atoms with Crippen LogP contribution in [0.5, 0.6) is 0 Å². The lowest BCUT2D eigenvalue weighted by Gasteiger charge is -2.62. The van der Waals surface area contributed by atoms with Gasteiger partial charge in [-0.3, -0.25) is 4.79 Å². The molecule has 4 rings (SSSR count). The van der Waals surface area contributed by atoms with Crippen LogP contribution in [-0.4, -0.2) is 36.0 Å². The Hall–Kier alpha value is -0.610. The van der Waals surface area contributed by atoms with Crippen LogP contribution in [0.3, 0.4) is 0 Å². The zero-order valence-corrected chi connectivity index (χ0v) is 16.1. The summed E-state index contributed by atoms with van der Waals surface area (Å²) in [6, 6.07) is 0. The van der Waals surface area contributed by atoms with Crippen LogP contribution in [0.4, 0.5) is 0 Å². The fourth-order valence-corrected chi connectivity index (χ4v) is 7.07. The Balaban J connectivity index is 1.67. The summed E-state index contributed by atoms with van der Waals surface area (Å²) in [6.07, 6.45) is 7.70. The van der Waals surface area contributed by atoms with E-state index >= 15 is 0 Å². The van der Waals surface area contributed by atoms with Gasteiger partial charge in [-0.2, -0.15) is 0 Å². The molecule has 2 aliphatic heterocycles. The van der Waals surface area contributed by atoms with Gasteiger partial charge < -0.3 is 14.6 Å². The Labute approximate surface area is 151 Å². The third-order valence-corrected chi connectivity index (χ3v) is 8.49. The quantitative estimate of drug-likeness (QED) is 0.786. The second-order valence-corrected chi connectivity index (χ2v) is 9.64. The fourth-order valence-electron chi connectivity index (χ4n) is 7.07. The summed E-state index contributed by atoms with van der Waals surface area (Å²) in [4.78, 5) is 12.7. The van der Waals surface area contributed by atoms with Crippen LogP contribution in [0.15, 0.2) is 0 Å². The average Bonchev–Trinajstić information content (AvgIpc) is 3.17. The van der Waals surface area contributed by atoms with E-state index in [9.17, 15) is 9.90 Å². The summed E-state index contributed by atoms with van der Waals surface area (Å²) < 4.78 is 11.4. The van der Waals surface area contributed by atoms with Crippen molar-refractivity contribution in [2.75, 3.05) is 13.2 Å². The van der Waals surface area contributed by atoms with Crippen LogP contribution in [0.2, 0.25) is 0 Å². The maximum atomic E-state index is 12.7. The van der Waals surface area contributed by atoms with Crippen LogP contribution in [-0.2, 0) is 14.3 Å². The largest absolute Gasteiger partial charge is 0.462 e.